The summed E-state index contributed by atoms with van der Waals surface area (Å²) >= 11 is 11.3. The Labute approximate surface area is 79.0 Å². The first-order chi connectivity index (χ1) is 4.72. The van der Waals surface area contributed by atoms with Crippen molar-refractivity contribution in [2.24, 2.45) is 0 Å². The number of rotatable bonds is 0. The highest BCUT2D eigenvalue weighted by Gasteiger charge is 2.17. The lowest BCUT2D eigenvalue weighted by Gasteiger charge is -1.86. The molecule has 58 valence electrons. The molecule has 0 aliphatic heterocycles. The van der Waals surface area contributed by atoms with E-state index >= 15 is 0 Å². The van der Waals surface area contributed by atoms with Gasteiger partial charge < -0.3 is 12.4 Å². The summed E-state index contributed by atoms with van der Waals surface area (Å²) in [7, 11) is 0. The Morgan fingerprint density at radius 3 is 2.36 bits per heavy atom. The van der Waals surface area contributed by atoms with Crippen LogP contribution in [-0.4, -0.2) is 0 Å². The smallest absolute Gasteiger partial charge is 0.196 e. The van der Waals surface area contributed by atoms with Crippen molar-refractivity contribution in [2.45, 2.75) is 0 Å². The molecule has 0 saturated carbocycles. The summed E-state index contributed by atoms with van der Waals surface area (Å²) in [6, 6.07) is 3.32. The highest BCUT2D eigenvalue weighted by atomic mass is 35.5. The molecule has 0 atom stereocenters. The molecule has 1 nitrogen and oxygen atoms in total. The summed E-state index contributed by atoms with van der Waals surface area (Å²) in [5.41, 5.74) is 0.0249. The molecule has 0 spiro atoms. The Morgan fingerprint density at radius 2 is 1.82 bits per heavy atom. The van der Waals surface area contributed by atoms with E-state index in [1.54, 1.807) is 12.1 Å². The summed E-state index contributed by atoms with van der Waals surface area (Å²) in [5, 5.41) is 2.14. The fraction of sp³-hybridized carbons (Fsp3) is 0. The van der Waals surface area contributed by atoms with Crippen molar-refractivity contribution in [1.82, 2.24) is 0 Å². The van der Waals surface area contributed by atoms with Crippen molar-refractivity contribution in [3.63, 3.8) is 0 Å². The Balaban J connectivity index is 0.000000605. The summed E-state index contributed by atoms with van der Waals surface area (Å²) < 4.78 is 0. The molecule has 2 aromatic carbocycles. The van der Waals surface area contributed by atoms with E-state index in [0.29, 0.717) is 20.8 Å². The highest BCUT2D eigenvalue weighted by molar-refractivity contribution is 6.46. The lowest BCUT2D eigenvalue weighted by atomic mass is 10.4. The van der Waals surface area contributed by atoms with Gasteiger partial charge in [-0.1, -0.05) is 23.2 Å². The van der Waals surface area contributed by atoms with E-state index in [1.165, 1.54) is 0 Å². The first-order valence-corrected chi connectivity index (χ1v) is 3.50. The Hall–Kier alpha value is -0.240. The molecule has 0 aliphatic carbocycles. The van der Waals surface area contributed by atoms with Crippen LogP contribution >= 0.6 is 23.2 Å². The van der Waals surface area contributed by atoms with Gasteiger partial charge in [-0.2, -0.15) is 0 Å². The summed E-state index contributed by atoms with van der Waals surface area (Å²) in [6.07, 6.45) is 0. The van der Waals surface area contributed by atoms with Gasteiger partial charge in [-0.05, 0) is 12.1 Å². The average Bonchev–Trinajstić information content (AvgIpc) is 2.54. The van der Waals surface area contributed by atoms with Crippen molar-refractivity contribution in [3.8, 4) is 0 Å². The van der Waals surface area contributed by atoms with Crippen LogP contribution in [0.15, 0.2) is 16.9 Å². The second-order valence-corrected chi connectivity index (χ2v) is 2.90. The van der Waals surface area contributed by atoms with Crippen molar-refractivity contribution in [1.29, 1.82) is 0 Å². The van der Waals surface area contributed by atoms with E-state index in [9.17, 15) is 4.79 Å². The lowest BCUT2D eigenvalue weighted by molar-refractivity contribution is -0.00000177. The minimum atomic E-state index is 0. The van der Waals surface area contributed by atoms with Crippen LogP contribution < -0.4 is 17.8 Å². The topological polar surface area (TPSA) is 17.1 Å². The summed E-state index contributed by atoms with van der Waals surface area (Å²) in [4.78, 5) is 10.8. The molecule has 0 bridgehead atoms. The average molecular weight is 208 g/mol. The minimum Gasteiger partial charge on any atom is -1.00 e. The van der Waals surface area contributed by atoms with Gasteiger partial charge in [0, 0.05) is 5.39 Å². The van der Waals surface area contributed by atoms with Crippen LogP contribution in [0.3, 0.4) is 0 Å². The number of hydrogen-bond acceptors (Lipinski definition) is 1. The zero-order valence-corrected chi connectivity index (χ0v) is 7.46. The predicted octanol–water partition coefficient (Wildman–Crippen LogP) is -0.614. The van der Waals surface area contributed by atoms with E-state index in [0.717, 1.165) is 0 Å². The molecule has 2 aromatic rings. The number of benzene rings is 1. The SMILES string of the molecule is O=c1c2ccc(Cl)c(Cl)c12.[Cl-]. The zero-order chi connectivity index (χ0) is 7.30. The third-order valence-electron chi connectivity index (χ3n) is 1.50. The van der Waals surface area contributed by atoms with Crippen molar-refractivity contribution in [3.05, 3.63) is 32.4 Å². The summed E-state index contributed by atoms with van der Waals surface area (Å²) in [5.74, 6) is 0. The molecule has 4 heteroatoms. The van der Waals surface area contributed by atoms with Gasteiger partial charge in [0.15, 0.2) is 5.43 Å². The normalized spacial score (nSPS) is 10.4. The molecular formula is C7H2Cl3O-. The molecule has 0 aliphatic rings. The van der Waals surface area contributed by atoms with Crippen LogP contribution in [0.25, 0.3) is 10.8 Å². The molecule has 11 heavy (non-hydrogen) atoms. The molecule has 0 N–H and O–H groups in total. The minimum absolute atomic E-state index is 0. The molecule has 0 amide bonds. The van der Waals surface area contributed by atoms with Gasteiger partial charge in [0.2, 0.25) is 0 Å². The van der Waals surface area contributed by atoms with Crippen LogP contribution in [0.5, 0.6) is 0 Å². The van der Waals surface area contributed by atoms with Gasteiger partial charge in [0.1, 0.15) is 0 Å². The fourth-order valence-electron chi connectivity index (χ4n) is 0.910. The van der Waals surface area contributed by atoms with Crippen LogP contribution in [0.4, 0.5) is 0 Å². The molecule has 0 heterocycles. The standard InChI is InChI=1S/C7H2Cl2O.ClH/c8-4-2-1-3-5(6(4)9)7(3)10;/h1-2H;1H/p-1. The third-order valence-corrected chi connectivity index (χ3v) is 2.31. The largest absolute Gasteiger partial charge is 1.00 e. The monoisotopic (exact) mass is 207 g/mol. The number of halogens is 3. The zero-order valence-electron chi connectivity index (χ0n) is 5.20. The van der Waals surface area contributed by atoms with Gasteiger partial charge in [0.25, 0.3) is 0 Å². The maximum atomic E-state index is 10.8. The van der Waals surface area contributed by atoms with E-state index in [2.05, 4.69) is 0 Å². The van der Waals surface area contributed by atoms with Crippen LogP contribution in [0.1, 0.15) is 0 Å². The van der Waals surface area contributed by atoms with Gasteiger partial charge in [-0.25, -0.2) is 0 Å². The highest BCUT2D eigenvalue weighted by Crippen LogP contribution is 2.31. The van der Waals surface area contributed by atoms with Crippen molar-refractivity contribution >= 4 is 34.0 Å². The molecule has 2 rings (SSSR count). The molecular weight excluding hydrogens is 206 g/mol. The van der Waals surface area contributed by atoms with Gasteiger partial charge in [0.05, 0.1) is 15.4 Å². The van der Waals surface area contributed by atoms with Crippen LogP contribution in [0.2, 0.25) is 10.0 Å². The lowest BCUT2D eigenvalue weighted by Crippen LogP contribution is -3.00. The molecule has 0 saturated heterocycles. The van der Waals surface area contributed by atoms with E-state index in [1.807, 2.05) is 0 Å². The Kier molecular flexibility index (Phi) is 2.15. The first-order valence-electron chi connectivity index (χ1n) is 2.74. The van der Waals surface area contributed by atoms with Crippen LogP contribution in [0, 0.1) is 0 Å². The Morgan fingerprint density at radius 1 is 1.18 bits per heavy atom. The number of hydrogen-bond donors (Lipinski definition) is 0. The van der Waals surface area contributed by atoms with Gasteiger partial charge in [-0.3, -0.25) is 4.79 Å². The Bertz CT molecular complexity index is 412. The maximum absolute atomic E-state index is 10.8. The number of fused-ring (bicyclic) bond motifs is 1. The predicted molar refractivity (Wildman–Crippen MR) is 42.6 cm³/mol. The first kappa shape index (κ1) is 8.85. The van der Waals surface area contributed by atoms with E-state index < -0.39 is 0 Å². The van der Waals surface area contributed by atoms with Crippen LogP contribution in [-0.2, 0) is 0 Å². The molecule has 0 radical (unpaired) electrons. The van der Waals surface area contributed by atoms with Gasteiger partial charge in [-0.15, -0.1) is 0 Å². The molecule has 0 fully saturated rings. The van der Waals surface area contributed by atoms with Crippen molar-refractivity contribution in [2.75, 3.05) is 0 Å². The second-order valence-electron chi connectivity index (χ2n) is 2.11. The van der Waals surface area contributed by atoms with Gasteiger partial charge >= 0.3 is 0 Å². The summed E-state index contributed by atoms with van der Waals surface area (Å²) in [6.45, 7) is 0. The quantitative estimate of drug-likeness (QED) is 0.564. The maximum Gasteiger partial charge on any atom is 0.196 e. The second kappa shape index (κ2) is 2.67. The molecule has 0 unspecified atom stereocenters. The van der Waals surface area contributed by atoms with E-state index in [-0.39, 0.29) is 17.8 Å². The fourth-order valence-corrected chi connectivity index (χ4v) is 1.32. The third kappa shape index (κ3) is 1.13. The van der Waals surface area contributed by atoms with Crippen molar-refractivity contribution < 1.29 is 12.4 Å². The van der Waals surface area contributed by atoms with E-state index in [4.69, 9.17) is 23.2 Å². The molecule has 0 aromatic heterocycles.